The summed E-state index contributed by atoms with van der Waals surface area (Å²) < 4.78 is 5.51. The Hall–Kier alpha value is -1.55. The molecule has 1 amide bonds. The van der Waals surface area contributed by atoms with Crippen LogP contribution in [0.25, 0.3) is 0 Å². The van der Waals surface area contributed by atoms with Gasteiger partial charge < -0.3 is 14.7 Å². The second-order valence-corrected chi connectivity index (χ2v) is 4.10. The van der Waals surface area contributed by atoms with E-state index in [0.717, 1.165) is 5.56 Å². The van der Waals surface area contributed by atoms with Gasteiger partial charge in [-0.3, -0.25) is 4.79 Å². The van der Waals surface area contributed by atoms with Crippen molar-refractivity contribution in [2.45, 2.75) is 19.4 Å². The molecule has 0 heterocycles. The highest BCUT2D eigenvalue weighted by atomic mass is 16.5. The number of ether oxygens (including phenoxy) is 1. The summed E-state index contributed by atoms with van der Waals surface area (Å²) in [5, 5.41) is 9.55. The van der Waals surface area contributed by atoms with Gasteiger partial charge in [0.15, 0.2) is 0 Å². The lowest BCUT2D eigenvalue weighted by Crippen LogP contribution is -2.23. The maximum absolute atomic E-state index is 11.3. The first-order valence-corrected chi connectivity index (χ1v) is 5.62. The van der Waals surface area contributed by atoms with E-state index in [2.05, 4.69) is 0 Å². The van der Waals surface area contributed by atoms with E-state index in [1.165, 1.54) is 4.90 Å². The van der Waals surface area contributed by atoms with E-state index in [1.54, 1.807) is 27.1 Å². The molecule has 1 rings (SSSR count). The molecule has 1 aromatic rings. The number of para-hydroxylation sites is 1. The third-order valence-electron chi connectivity index (χ3n) is 2.44. The smallest absolute Gasteiger partial charge is 0.225 e. The van der Waals surface area contributed by atoms with Crippen LogP contribution < -0.4 is 4.74 Å². The lowest BCUT2D eigenvalue weighted by atomic mass is 10.1. The molecule has 1 atom stereocenters. The quantitative estimate of drug-likeness (QED) is 0.846. The number of carbonyl (C=O) groups excluding carboxylic acids is 1. The molecule has 4 heteroatoms. The van der Waals surface area contributed by atoms with Gasteiger partial charge in [-0.2, -0.15) is 0 Å². The molecule has 4 nitrogen and oxygen atoms in total. The van der Waals surface area contributed by atoms with E-state index >= 15 is 0 Å². The number of hydrogen-bond donors (Lipinski definition) is 1. The van der Waals surface area contributed by atoms with Crippen molar-refractivity contribution in [3.63, 3.8) is 0 Å². The first-order chi connectivity index (χ1) is 8.02. The fourth-order valence-corrected chi connectivity index (χ4v) is 1.43. The predicted octanol–water partition coefficient (Wildman–Crippen LogP) is 1.60. The van der Waals surface area contributed by atoms with E-state index in [1.807, 2.05) is 18.2 Å². The molecule has 0 radical (unpaired) electrons. The van der Waals surface area contributed by atoms with Crippen molar-refractivity contribution >= 4 is 5.91 Å². The molecule has 0 saturated heterocycles. The van der Waals surface area contributed by atoms with Gasteiger partial charge in [0.25, 0.3) is 0 Å². The maximum Gasteiger partial charge on any atom is 0.225 e. The van der Waals surface area contributed by atoms with Crippen LogP contribution in [0.3, 0.4) is 0 Å². The molecule has 0 spiro atoms. The van der Waals surface area contributed by atoms with Crippen LogP contribution in [0.1, 0.15) is 25.0 Å². The Morgan fingerprint density at radius 1 is 1.41 bits per heavy atom. The number of amides is 1. The summed E-state index contributed by atoms with van der Waals surface area (Å²) in [6.45, 7) is 2.01. The number of nitrogens with zero attached hydrogens (tertiary/aromatic N) is 1. The largest absolute Gasteiger partial charge is 0.493 e. The zero-order valence-corrected chi connectivity index (χ0v) is 10.5. The molecule has 1 aromatic carbocycles. The highest BCUT2D eigenvalue weighted by Gasteiger charge is 2.09. The topological polar surface area (TPSA) is 49.8 Å². The van der Waals surface area contributed by atoms with Crippen molar-refractivity contribution in [3.8, 4) is 5.75 Å². The Bertz CT molecular complexity index is 375. The van der Waals surface area contributed by atoms with Crippen LogP contribution in [0.2, 0.25) is 0 Å². The molecule has 0 saturated carbocycles. The molecule has 1 N–H and O–H groups in total. The molecule has 0 bridgehead atoms. The minimum absolute atomic E-state index is 0.0273. The maximum atomic E-state index is 11.3. The number of hydrogen-bond acceptors (Lipinski definition) is 3. The van der Waals surface area contributed by atoms with Gasteiger partial charge in [-0.15, -0.1) is 0 Å². The van der Waals surface area contributed by atoms with E-state index in [4.69, 9.17) is 4.74 Å². The highest BCUT2D eigenvalue weighted by molar-refractivity contribution is 5.75. The molecule has 17 heavy (non-hydrogen) atoms. The molecule has 0 aliphatic rings. The summed E-state index contributed by atoms with van der Waals surface area (Å²) in [5.41, 5.74) is 0.741. The number of aliphatic hydroxyl groups is 1. The minimum atomic E-state index is -0.573. The van der Waals surface area contributed by atoms with Gasteiger partial charge in [0.05, 0.1) is 19.1 Å². The lowest BCUT2D eigenvalue weighted by Gasteiger charge is -2.14. The second-order valence-electron chi connectivity index (χ2n) is 4.10. The summed E-state index contributed by atoms with van der Waals surface area (Å²) in [4.78, 5) is 12.9. The van der Waals surface area contributed by atoms with Gasteiger partial charge in [0.1, 0.15) is 5.75 Å². The first kappa shape index (κ1) is 13.5. The van der Waals surface area contributed by atoms with Crippen LogP contribution in [0.15, 0.2) is 24.3 Å². The van der Waals surface area contributed by atoms with Gasteiger partial charge in [-0.1, -0.05) is 18.2 Å². The van der Waals surface area contributed by atoms with E-state index in [0.29, 0.717) is 18.8 Å². The Kier molecular flexibility index (Phi) is 4.97. The van der Waals surface area contributed by atoms with Crippen LogP contribution in [0.5, 0.6) is 5.75 Å². The van der Waals surface area contributed by atoms with Crippen molar-refractivity contribution in [1.82, 2.24) is 4.90 Å². The van der Waals surface area contributed by atoms with Gasteiger partial charge in [-0.25, -0.2) is 0 Å². The molecular weight excluding hydrogens is 218 g/mol. The van der Waals surface area contributed by atoms with Crippen LogP contribution in [0.4, 0.5) is 0 Å². The van der Waals surface area contributed by atoms with Crippen molar-refractivity contribution in [1.29, 1.82) is 0 Å². The summed E-state index contributed by atoms with van der Waals surface area (Å²) in [5.74, 6) is 0.661. The van der Waals surface area contributed by atoms with Gasteiger partial charge >= 0.3 is 0 Å². The average Bonchev–Trinajstić information content (AvgIpc) is 2.29. The van der Waals surface area contributed by atoms with Crippen molar-refractivity contribution < 1.29 is 14.6 Å². The van der Waals surface area contributed by atoms with Crippen molar-refractivity contribution in [2.24, 2.45) is 0 Å². The van der Waals surface area contributed by atoms with Crippen molar-refractivity contribution in [2.75, 3.05) is 20.7 Å². The fourth-order valence-electron chi connectivity index (χ4n) is 1.43. The molecular formula is C13H19NO3. The zero-order chi connectivity index (χ0) is 12.8. The Labute approximate surface area is 102 Å². The summed E-state index contributed by atoms with van der Waals surface area (Å²) >= 11 is 0. The van der Waals surface area contributed by atoms with E-state index < -0.39 is 6.10 Å². The second kappa shape index (κ2) is 6.25. The number of carbonyl (C=O) groups is 1. The standard InChI is InChI=1S/C13H19NO3/c1-10(15)11-6-4-5-7-12(11)17-9-8-13(16)14(2)3/h4-7,10,15H,8-9H2,1-3H3/t10-/m1/s1. The normalized spacial score (nSPS) is 12.0. The number of benzene rings is 1. The third kappa shape index (κ3) is 4.07. The number of rotatable bonds is 5. The molecule has 0 aliphatic carbocycles. The predicted molar refractivity (Wildman–Crippen MR) is 65.9 cm³/mol. The fraction of sp³-hybridized carbons (Fsp3) is 0.462. The van der Waals surface area contributed by atoms with E-state index in [9.17, 15) is 9.90 Å². The van der Waals surface area contributed by atoms with Crippen molar-refractivity contribution in [3.05, 3.63) is 29.8 Å². The molecule has 0 aromatic heterocycles. The SMILES string of the molecule is C[C@@H](O)c1ccccc1OCCC(=O)N(C)C. The molecule has 0 fully saturated rings. The Morgan fingerprint density at radius 3 is 2.65 bits per heavy atom. The highest BCUT2D eigenvalue weighted by Crippen LogP contribution is 2.24. The van der Waals surface area contributed by atoms with Crippen LogP contribution >= 0.6 is 0 Å². The van der Waals surface area contributed by atoms with Crippen LogP contribution in [0, 0.1) is 0 Å². The van der Waals surface area contributed by atoms with Crippen LogP contribution in [-0.2, 0) is 4.79 Å². The first-order valence-electron chi connectivity index (χ1n) is 5.62. The molecule has 0 unspecified atom stereocenters. The third-order valence-corrected chi connectivity index (χ3v) is 2.44. The van der Waals surface area contributed by atoms with Gasteiger partial charge in [0, 0.05) is 19.7 Å². The monoisotopic (exact) mass is 237 g/mol. The molecule has 94 valence electrons. The summed E-state index contributed by atoms with van der Waals surface area (Å²) in [6.07, 6.45) is -0.239. The average molecular weight is 237 g/mol. The Balaban J connectivity index is 2.55. The summed E-state index contributed by atoms with van der Waals surface area (Å²) in [6, 6.07) is 7.30. The minimum Gasteiger partial charge on any atom is -0.493 e. The van der Waals surface area contributed by atoms with Crippen LogP contribution in [-0.4, -0.2) is 36.6 Å². The molecule has 0 aliphatic heterocycles. The Morgan fingerprint density at radius 2 is 2.06 bits per heavy atom. The zero-order valence-electron chi connectivity index (χ0n) is 10.5. The summed E-state index contributed by atoms with van der Waals surface area (Å²) in [7, 11) is 3.43. The number of aliphatic hydroxyl groups excluding tert-OH is 1. The lowest BCUT2D eigenvalue weighted by molar-refractivity contribution is -0.129. The van der Waals surface area contributed by atoms with Gasteiger partial charge in [0.2, 0.25) is 5.91 Å². The van der Waals surface area contributed by atoms with E-state index in [-0.39, 0.29) is 5.91 Å². The van der Waals surface area contributed by atoms with Gasteiger partial charge in [-0.05, 0) is 13.0 Å².